The van der Waals surface area contributed by atoms with Crippen molar-refractivity contribution in [3.63, 3.8) is 0 Å². The molecule has 0 atom stereocenters. The fraction of sp³-hybridized carbons (Fsp3) is 0.211. The molecule has 0 radical (unpaired) electrons. The smallest absolute Gasteiger partial charge is 0.267 e. The average Bonchev–Trinajstić information content (AvgIpc) is 3.31. The monoisotopic (exact) mass is 432 g/mol. The van der Waals surface area contributed by atoms with Gasteiger partial charge in [0, 0.05) is 29.7 Å². The van der Waals surface area contributed by atoms with Crippen molar-refractivity contribution in [2.24, 2.45) is 0 Å². The van der Waals surface area contributed by atoms with Crippen molar-refractivity contribution < 1.29 is 9.59 Å². The number of carbonyl (C=O) groups excluding carboxylic acids is 2. The molecule has 2 N–H and O–H groups in total. The third-order valence-electron chi connectivity index (χ3n) is 4.36. The SMILES string of the molecule is Cc1nc(-c2ccsc2)sc1C(=O)Nc1ccc(N2CCNC(=O)C2)c(Cl)c1. The van der Waals surface area contributed by atoms with E-state index in [1.165, 1.54) is 11.3 Å². The summed E-state index contributed by atoms with van der Waals surface area (Å²) in [6.07, 6.45) is 0. The Labute approximate surface area is 175 Å². The number of thiophene rings is 1. The van der Waals surface area contributed by atoms with Gasteiger partial charge in [0.05, 0.1) is 22.9 Å². The zero-order valence-corrected chi connectivity index (χ0v) is 17.4. The Morgan fingerprint density at radius 3 is 2.93 bits per heavy atom. The van der Waals surface area contributed by atoms with E-state index in [0.29, 0.717) is 34.4 Å². The van der Waals surface area contributed by atoms with Gasteiger partial charge in [-0.2, -0.15) is 11.3 Å². The highest BCUT2D eigenvalue weighted by atomic mass is 35.5. The average molecular weight is 433 g/mol. The minimum atomic E-state index is -0.211. The van der Waals surface area contributed by atoms with Crippen LogP contribution in [0.4, 0.5) is 11.4 Å². The molecular formula is C19H17ClN4O2S2. The van der Waals surface area contributed by atoms with E-state index in [2.05, 4.69) is 15.6 Å². The van der Waals surface area contributed by atoms with Gasteiger partial charge in [-0.3, -0.25) is 9.59 Å². The number of hydrogen-bond donors (Lipinski definition) is 2. The van der Waals surface area contributed by atoms with Crippen LogP contribution in [0.5, 0.6) is 0 Å². The molecule has 3 aromatic rings. The molecule has 3 heterocycles. The molecule has 28 heavy (non-hydrogen) atoms. The third kappa shape index (κ3) is 3.89. The van der Waals surface area contributed by atoms with E-state index in [4.69, 9.17) is 11.6 Å². The van der Waals surface area contributed by atoms with Crippen molar-refractivity contribution in [1.29, 1.82) is 0 Å². The van der Waals surface area contributed by atoms with E-state index >= 15 is 0 Å². The molecule has 0 bridgehead atoms. The van der Waals surface area contributed by atoms with Gasteiger partial charge in [-0.25, -0.2) is 4.98 Å². The molecule has 0 saturated carbocycles. The van der Waals surface area contributed by atoms with Gasteiger partial charge in [0.1, 0.15) is 9.88 Å². The first-order chi connectivity index (χ1) is 13.5. The number of nitrogens with zero attached hydrogens (tertiary/aromatic N) is 2. The maximum absolute atomic E-state index is 12.7. The predicted octanol–water partition coefficient (Wildman–Crippen LogP) is 4.02. The van der Waals surface area contributed by atoms with Crippen LogP contribution in [0, 0.1) is 6.92 Å². The number of aromatic nitrogens is 1. The second kappa shape index (κ2) is 7.90. The Morgan fingerprint density at radius 1 is 1.36 bits per heavy atom. The second-order valence-electron chi connectivity index (χ2n) is 6.34. The van der Waals surface area contributed by atoms with Crippen LogP contribution in [-0.2, 0) is 4.79 Å². The summed E-state index contributed by atoms with van der Waals surface area (Å²) in [6.45, 7) is 3.39. The summed E-state index contributed by atoms with van der Waals surface area (Å²) in [5.74, 6) is -0.237. The molecule has 1 saturated heterocycles. The predicted molar refractivity (Wildman–Crippen MR) is 115 cm³/mol. The lowest BCUT2D eigenvalue weighted by Crippen LogP contribution is -2.47. The van der Waals surface area contributed by atoms with Crippen LogP contribution in [0.1, 0.15) is 15.4 Å². The number of thiazole rings is 1. The van der Waals surface area contributed by atoms with Gasteiger partial charge in [-0.1, -0.05) is 11.6 Å². The van der Waals surface area contributed by atoms with Crippen molar-refractivity contribution >= 4 is 57.5 Å². The normalized spacial score (nSPS) is 14.1. The van der Waals surface area contributed by atoms with Gasteiger partial charge in [0.25, 0.3) is 5.91 Å². The van der Waals surface area contributed by atoms with E-state index in [0.717, 1.165) is 16.3 Å². The lowest BCUT2D eigenvalue weighted by Gasteiger charge is -2.29. The van der Waals surface area contributed by atoms with Gasteiger partial charge >= 0.3 is 0 Å². The Hall–Kier alpha value is -2.42. The summed E-state index contributed by atoms with van der Waals surface area (Å²) >= 11 is 9.38. The molecule has 1 aliphatic heterocycles. The molecule has 1 aliphatic rings. The lowest BCUT2D eigenvalue weighted by molar-refractivity contribution is -0.120. The molecule has 4 rings (SSSR count). The summed E-state index contributed by atoms with van der Waals surface area (Å²) in [6, 6.07) is 7.32. The summed E-state index contributed by atoms with van der Waals surface area (Å²) in [5.41, 5.74) is 3.11. The number of carbonyl (C=O) groups is 2. The molecule has 1 fully saturated rings. The number of amides is 2. The number of halogens is 1. The van der Waals surface area contributed by atoms with Gasteiger partial charge in [0.15, 0.2) is 0 Å². The first kappa shape index (κ1) is 18.9. The molecule has 0 spiro atoms. The maximum atomic E-state index is 12.7. The fourth-order valence-corrected chi connectivity index (χ4v) is 4.96. The Bertz CT molecular complexity index is 1030. The molecule has 2 aromatic heterocycles. The van der Waals surface area contributed by atoms with Gasteiger partial charge in [-0.05, 0) is 36.6 Å². The van der Waals surface area contributed by atoms with Crippen LogP contribution >= 0.6 is 34.3 Å². The van der Waals surface area contributed by atoms with Gasteiger partial charge in [0.2, 0.25) is 5.91 Å². The van der Waals surface area contributed by atoms with Crippen LogP contribution < -0.4 is 15.5 Å². The van der Waals surface area contributed by atoms with E-state index in [9.17, 15) is 9.59 Å². The second-order valence-corrected chi connectivity index (χ2v) is 8.52. The van der Waals surface area contributed by atoms with E-state index in [-0.39, 0.29) is 18.4 Å². The third-order valence-corrected chi connectivity index (χ3v) is 6.55. The number of hydrogen-bond acceptors (Lipinski definition) is 6. The Morgan fingerprint density at radius 2 is 2.21 bits per heavy atom. The van der Waals surface area contributed by atoms with E-state index in [1.54, 1.807) is 23.5 Å². The topological polar surface area (TPSA) is 74.3 Å². The number of nitrogens with one attached hydrogen (secondary N) is 2. The van der Waals surface area contributed by atoms with Crippen LogP contribution in [0.2, 0.25) is 5.02 Å². The zero-order valence-electron chi connectivity index (χ0n) is 15.0. The summed E-state index contributed by atoms with van der Waals surface area (Å²) < 4.78 is 0. The quantitative estimate of drug-likeness (QED) is 0.653. The van der Waals surface area contributed by atoms with E-state index in [1.807, 2.05) is 34.7 Å². The highest BCUT2D eigenvalue weighted by molar-refractivity contribution is 7.17. The summed E-state index contributed by atoms with van der Waals surface area (Å²) in [7, 11) is 0. The van der Waals surface area contributed by atoms with E-state index < -0.39 is 0 Å². The van der Waals surface area contributed by atoms with Gasteiger partial charge in [-0.15, -0.1) is 11.3 Å². The highest BCUT2D eigenvalue weighted by Crippen LogP contribution is 2.32. The molecule has 6 nitrogen and oxygen atoms in total. The number of rotatable bonds is 4. The van der Waals surface area contributed by atoms with Crippen molar-refractivity contribution in [2.45, 2.75) is 6.92 Å². The van der Waals surface area contributed by atoms with Crippen LogP contribution in [0.25, 0.3) is 10.6 Å². The summed E-state index contributed by atoms with van der Waals surface area (Å²) in [5, 5.41) is 11.0. The first-order valence-electron chi connectivity index (χ1n) is 8.64. The summed E-state index contributed by atoms with van der Waals surface area (Å²) in [4.78, 5) is 31.3. The van der Waals surface area contributed by atoms with Crippen molar-refractivity contribution in [2.75, 3.05) is 29.9 Å². The Balaban J connectivity index is 1.51. The van der Waals surface area contributed by atoms with Crippen LogP contribution in [-0.4, -0.2) is 36.4 Å². The first-order valence-corrected chi connectivity index (χ1v) is 10.8. The number of benzene rings is 1. The lowest BCUT2D eigenvalue weighted by atomic mass is 10.2. The van der Waals surface area contributed by atoms with Crippen LogP contribution in [0.15, 0.2) is 35.0 Å². The molecule has 144 valence electrons. The van der Waals surface area contributed by atoms with Crippen molar-refractivity contribution in [1.82, 2.24) is 10.3 Å². The maximum Gasteiger partial charge on any atom is 0.267 e. The highest BCUT2D eigenvalue weighted by Gasteiger charge is 2.20. The molecule has 0 unspecified atom stereocenters. The molecular weight excluding hydrogens is 416 g/mol. The van der Waals surface area contributed by atoms with Gasteiger partial charge < -0.3 is 15.5 Å². The number of aryl methyl sites for hydroxylation is 1. The number of piperazine rings is 1. The Kier molecular flexibility index (Phi) is 5.34. The molecule has 1 aromatic carbocycles. The minimum absolute atomic E-state index is 0.0261. The minimum Gasteiger partial charge on any atom is -0.359 e. The fourth-order valence-electron chi connectivity index (χ4n) is 2.99. The van der Waals surface area contributed by atoms with Crippen molar-refractivity contribution in [3.05, 3.63) is 50.6 Å². The van der Waals surface area contributed by atoms with Crippen LogP contribution in [0.3, 0.4) is 0 Å². The molecule has 0 aliphatic carbocycles. The zero-order chi connectivity index (χ0) is 19.7. The number of anilines is 2. The standard InChI is InChI=1S/C19H17ClN4O2S2/c1-11-17(28-19(22-11)12-4-7-27-10-12)18(26)23-13-2-3-15(14(20)8-13)24-6-5-21-16(25)9-24/h2-4,7-8,10H,5-6,9H2,1H3,(H,21,25)(H,23,26). The molecule has 2 amide bonds. The largest absolute Gasteiger partial charge is 0.359 e. The van der Waals surface area contributed by atoms with Crippen molar-refractivity contribution in [3.8, 4) is 10.6 Å². The molecule has 9 heteroatoms.